The lowest BCUT2D eigenvalue weighted by Gasteiger charge is -2.33. The Morgan fingerprint density at radius 2 is 1.53 bits per heavy atom. The number of phenols is 1. The predicted octanol–water partition coefficient (Wildman–Crippen LogP) is 1.61. The van der Waals surface area contributed by atoms with Crippen molar-refractivity contribution >= 4 is 41.5 Å². The average Bonchev–Trinajstić information content (AvgIpc) is 3.62. The van der Waals surface area contributed by atoms with Gasteiger partial charge in [-0.15, -0.1) is 0 Å². The van der Waals surface area contributed by atoms with Crippen molar-refractivity contribution in [3.05, 3.63) is 29.8 Å². The van der Waals surface area contributed by atoms with E-state index in [2.05, 4.69) is 31.2 Å². The van der Waals surface area contributed by atoms with Gasteiger partial charge in [0.1, 0.15) is 36.0 Å². The number of aliphatic imine (C=N–C) groups is 1. The normalized spacial score (nSPS) is 16.2. The first-order valence-corrected chi connectivity index (χ1v) is 20.4. The van der Waals surface area contributed by atoms with Gasteiger partial charge in [0, 0.05) is 25.9 Å². The van der Waals surface area contributed by atoms with E-state index in [0.717, 1.165) is 25.8 Å². The number of aromatic hydroxyl groups is 1. The van der Waals surface area contributed by atoms with Gasteiger partial charge in [-0.1, -0.05) is 59.6 Å². The molecule has 1 fully saturated rings. The molecule has 10 N–H and O–H groups in total. The van der Waals surface area contributed by atoms with Crippen LogP contribution in [-0.4, -0.2) is 125 Å². The van der Waals surface area contributed by atoms with Crippen molar-refractivity contribution < 1.29 is 39.0 Å². The van der Waals surface area contributed by atoms with Crippen LogP contribution in [-0.2, 0) is 35.2 Å². The highest BCUT2D eigenvalue weighted by atomic mass is 16.4. The number of aliphatic carboxylic acids is 1. The van der Waals surface area contributed by atoms with Gasteiger partial charge in [0.25, 0.3) is 0 Å². The Kier molecular flexibility index (Phi) is 20.4. The van der Waals surface area contributed by atoms with E-state index < -0.39 is 65.2 Å². The number of carbonyl (C=O) groups is 6. The summed E-state index contributed by atoms with van der Waals surface area (Å²) in [6.07, 6.45) is 5.40. The van der Waals surface area contributed by atoms with Crippen LogP contribution in [0.15, 0.2) is 29.3 Å². The van der Waals surface area contributed by atoms with E-state index in [1.54, 1.807) is 32.9 Å². The molecular formula is C41H69N9O8. The van der Waals surface area contributed by atoms with Gasteiger partial charge in [-0.05, 0) is 94.6 Å². The molecular weight excluding hydrogens is 747 g/mol. The predicted molar refractivity (Wildman–Crippen MR) is 222 cm³/mol. The Morgan fingerprint density at radius 3 is 2.12 bits per heavy atom. The maximum atomic E-state index is 14.1. The number of benzene rings is 1. The van der Waals surface area contributed by atoms with Crippen LogP contribution >= 0.6 is 0 Å². The van der Waals surface area contributed by atoms with Crippen LogP contribution in [0.4, 0.5) is 0 Å². The van der Waals surface area contributed by atoms with Crippen molar-refractivity contribution in [2.45, 2.75) is 135 Å². The summed E-state index contributed by atoms with van der Waals surface area (Å²) in [4.78, 5) is 88.5. The van der Waals surface area contributed by atoms with Crippen molar-refractivity contribution in [1.82, 2.24) is 31.1 Å². The zero-order valence-corrected chi connectivity index (χ0v) is 35.5. The van der Waals surface area contributed by atoms with E-state index in [4.69, 9.17) is 11.5 Å². The van der Waals surface area contributed by atoms with Crippen LogP contribution in [0.25, 0.3) is 0 Å². The number of rotatable bonds is 24. The monoisotopic (exact) mass is 816 g/mol. The molecule has 0 spiro atoms. The van der Waals surface area contributed by atoms with Crippen molar-refractivity contribution in [2.24, 2.45) is 27.8 Å². The quantitative estimate of drug-likeness (QED) is 0.0422. The summed E-state index contributed by atoms with van der Waals surface area (Å²) in [5.41, 5.74) is 10.7. The van der Waals surface area contributed by atoms with Gasteiger partial charge < -0.3 is 52.7 Å². The van der Waals surface area contributed by atoms with Crippen LogP contribution in [0.5, 0.6) is 5.75 Å². The second-order valence-electron chi connectivity index (χ2n) is 17.0. The molecule has 2 rings (SSSR count). The maximum absolute atomic E-state index is 14.1. The van der Waals surface area contributed by atoms with Crippen LogP contribution < -0.4 is 32.7 Å². The lowest BCUT2D eigenvalue weighted by Crippen LogP contribution is -2.61. The SMILES string of the molecule is CC(C)C[C@H](NC(=O)[C@@H](NC(=O)[C@H](Cc1ccc(O)cc1)NC(=O)[C@@H]1CCCN1C(=O)[C@H](CCCN=C(N)N)NC(=O)CCCCCCN(C)C)C(C)(C)C)C(=O)O. The number of carboxylic acids is 1. The summed E-state index contributed by atoms with van der Waals surface area (Å²) < 4.78 is 0. The molecule has 17 nitrogen and oxygen atoms in total. The first kappa shape index (κ1) is 49.2. The van der Waals surface area contributed by atoms with Gasteiger partial charge in [-0.3, -0.25) is 29.0 Å². The topological polar surface area (TPSA) is 262 Å². The molecule has 0 saturated carbocycles. The number of hydrogen-bond acceptors (Lipinski definition) is 9. The molecule has 1 aliphatic rings. The second kappa shape index (κ2) is 24.1. The lowest BCUT2D eigenvalue weighted by atomic mass is 9.85. The summed E-state index contributed by atoms with van der Waals surface area (Å²) >= 11 is 0. The Balaban J connectivity index is 2.31. The largest absolute Gasteiger partial charge is 0.508 e. The van der Waals surface area contributed by atoms with E-state index in [9.17, 15) is 39.0 Å². The molecule has 1 aliphatic heterocycles. The zero-order valence-electron chi connectivity index (χ0n) is 35.5. The van der Waals surface area contributed by atoms with E-state index in [1.165, 1.54) is 17.0 Å². The number of nitrogens with two attached hydrogens (primary N) is 2. The number of hydrogen-bond donors (Lipinski definition) is 8. The smallest absolute Gasteiger partial charge is 0.326 e. The number of unbranched alkanes of at least 4 members (excludes halogenated alkanes) is 3. The number of amides is 5. The molecule has 1 saturated heterocycles. The van der Waals surface area contributed by atoms with E-state index in [1.807, 2.05) is 27.9 Å². The van der Waals surface area contributed by atoms with Crippen molar-refractivity contribution in [3.63, 3.8) is 0 Å². The first-order valence-electron chi connectivity index (χ1n) is 20.4. The molecule has 0 aromatic heterocycles. The lowest BCUT2D eigenvalue weighted by molar-refractivity contribution is -0.143. The Hall–Kier alpha value is -4.93. The molecule has 17 heteroatoms. The van der Waals surface area contributed by atoms with Gasteiger partial charge in [-0.2, -0.15) is 0 Å². The molecule has 1 aromatic carbocycles. The molecule has 0 aliphatic carbocycles. The Bertz CT molecular complexity index is 1540. The highest BCUT2D eigenvalue weighted by molar-refractivity contribution is 5.96. The fourth-order valence-electron chi connectivity index (χ4n) is 6.81. The summed E-state index contributed by atoms with van der Waals surface area (Å²) in [7, 11) is 4.03. The van der Waals surface area contributed by atoms with Gasteiger partial charge in [-0.25, -0.2) is 4.79 Å². The number of likely N-dealkylation sites (tertiary alicyclic amines) is 1. The minimum absolute atomic E-state index is 0.00713. The third kappa shape index (κ3) is 17.7. The molecule has 0 radical (unpaired) electrons. The third-order valence-corrected chi connectivity index (χ3v) is 9.92. The standard InChI is InChI=1S/C41H69N9O8/c1-26(2)24-31(39(57)58)47-37(55)34(41(3,4)5)48-35(53)30(25-27-17-19-28(51)20-18-27)46-36(54)32-15-13-23-50(32)38(56)29(14-12-21-44-40(42)43)45-33(52)16-10-8-9-11-22-49(6)7/h17-20,26,29-32,34,51H,8-16,21-25H2,1-7H3,(H,45,52)(H,46,54)(H,47,55)(H,48,53)(H,57,58)(H4,42,43,44)/t29-,30-,31-,32-,34+/m0/s1. The molecule has 0 unspecified atom stereocenters. The Labute approximate surface area is 343 Å². The van der Waals surface area contributed by atoms with Crippen LogP contribution in [0.2, 0.25) is 0 Å². The molecule has 0 bridgehead atoms. The average molecular weight is 816 g/mol. The van der Waals surface area contributed by atoms with E-state index >= 15 is 0 Å². The number of nitrogens with zero attached hydrogens (tertiary/aromatic N) is 3. The zero-order chi connectivity index (χ0) is 43.6. The van der Waals surface area contributed by atoms with E-state index in [-0.39, 0.29) is 62.3 Å². The summed E-state index contributed by atoms with van der Waals surface area (Å²) in [5, 5.41) is 30.7. The number of carbonyl (C=O) groups excluding carboxylic acids is 5. The van der Waals surface area contributed by atoms with Gasteiger partial charge in [0.2, 0.25) is 29.5 Å². The molecule has 5 atom stereocenters. The van der Waals surface area contributed by atoms with Crippen molar-refractivity contribution in [1.29, 1.82) is 0 Å². The van der Waals surface area contributed by atoms with Crippen LogP contribution in [0, 0.1) is 11.3 Å². The maximum Gasteiger partial charge on any atom is 0.326 e. The Morgan fingerprint density at radius 1 is 0.879 bits per heavy atom. The number of phenolic OH excluding ortho intramolecular Hbond substituents is 1. The molecule has 5 amide bonds. The molecule has 1 heterocycles. The summed E-state index contributed by atoms with van der Waals surface area (Å²) in [6.45, 7) is 10.3. The number of guanidine groups is 1. The highest BCUT2D eigenvalue weighted by Crippen LogP contribution is 2.23. The second-order valence-corrected chi connectivity index (χ2v) is 17.0. The van der Waals surface area contributed by atoms with Crippen molar-refractivity contribution in [3.8, 4) is 5.75 Å². The number of nitrogens with one attached hydrogen (secondary N) is 4. The summed E-state index contributed by atoms with van der Waals surface area (Å²) in [6, 6.07) is 0.622. The van der Waals surface area contributed by atoms with Crippen molar-refractivity contribution in [2.75, 3.05) is 33.7 Å². The van der Waals surface area contributed by atoms with Crippen LogP contribution in [0.1, 0.15) is 104 Å². The number of carboxylic acid groups (broad SMARTS) is 1. The van der Waals surface area contributed by atoms with Gasteiger partial charge >= 0.3 is 5.97 Å². The first-order chi connectivity index (χ1) is 27.2. The van der Waals surface area contributed by atoms with Gasteiger partial charge in [0.15, 0.2) is 5.96 Å². The molecule has 58 heavy (non-hydrogen) atoms. The third-order valence-electron chi connectivity index (χ3n) is 9.92. The molecule has 1 aromatic rings. The van der Waals surface area contributed by atoms with Crippen LogP contribution in [0.3, 0.4) is 0 Å². The minimum atomic E-state index is -1.23. The molecule has 326 valence electrons. The fraction of sp³-hybridized carbons (Fsp3) is 0.683. The van der Waals surface area contributed by atoms with Gasteiger partial charge in [0.05, 0.1) is 0 Å². The fourth-order valence-corrected chi connectivity index (χ4v) is 6.81. The highest BCUT2D eigenvalue weighted by Gasteiger charge is 2.40. The van der Waals surface area contributed by atoms with E-state index in [0.29, 0.717) is 31.2 Å². The minimum Gasteiger partial charge on any atom is -0.508 e. The summed E-state index contributed by atoms with van der Waals surface area (Å²) in [5.74, 6) is -3.98.